The lowest BCUT2D eigenvalue weighted by atomic mass is 10.00. The van der Waals surface area contributed by atoms with Crippen LogP contribution in [0.5, 0.6) is 0 Å². The maximum atomic E-state index is 9.91. The van der Waals surface area contributed by atoms with Crippen LogP contribution in [-0.4, -0.2) is 74.8 Å². The summed E-state index contributed by atoms with van der Waals surface area (Å²) in [5.41, 5.74) is 0.103. The third-order valence-corrected chi connectivity index (χ3v) is 3.15. The van der Waals surface area contributed by atoms with E-state index in [4.69, 9.17) is 9.47 Å². The fourth-order valence-corrected chi connectivity index (χ4v) is 2.03. The van der Waals surface area contributed by atoms with E-state index in [9.17, 15) is 5.11 Å². The lowest BCUT2D eigenvalue weighted by Crippen LogP contribution is -2.59. The van der Waals surface area contributed by atoms with Crippen LogP contribution in [0.1, 0.15) is 13.8 Å². The highest BCUT2D eigenvalue weighted by molar-refractivity contribution is 4.89. The lowest BCUT2D eigenvalue weighted by molar-refractivity contribution is -0.0214. The molecule has 0 aromatic carbocycles. The van der Waals surface area contributed by atoms with E-state index in [2.05, 4.69) is 24.1 Å². The second-order valence-electron chi connectivity index (χ2n) is 5.16. The number of β-amino-alcohol motifs (C(OH)–C–C–N with tert-alkyl or cyclic N) is 1. The maximum absolute atomic E-state index is 9.91. The van der Waals surface area contributed by atoms with Gasteiger partial charge in [0.05, 0.1) is 25.9 Å². The summed E-state index contributed by atoms with van der Waals surface area (Å²) in [5.74, 6) is 0. The fourth-order valence-electron chi connectivity index (χ4n) is 2.03. The molecule has 1 heterocycles. The summed E-state index contributed by atoms with van der Waals surface area (Å²) in [5, 5.41) is 13.3. The molecule has 0 saturated carbocycles. The van der Waals surface area contributed by atoms with Gasteiger partial charge in [-0.15, -0.1) is 0 Å². The van der Waals surface area contributed by atoms with E-state index in [-0.39, 0.29) is 5.54 Å². The average molecular weight is 246 g/mol. The summed E-state index contributed by atoms with van der Waals surface area (Å²) in [4.78, 5) is 2.31. The molecule has 17 heavy (non-hydrogen) atoms. The van der Waals surface area contributed by atoms with Crippen molar-refractivity contribution in [2.24, 2.45) is 0 Å². The van der Waals surface area contributed by atoms with Gasteiger partial charge >= 0.3 is 0 Å². The third kappa shape index (κ3) is 5.31. The molecule has 102 valence electrons. The predicted octanol–water partition coefficient (Wildman–Crippen LogP) is -0.306. The molecule has 1 fully saturated rings. The zero-order valence-electron chi connectivity index (χ0n) is 11.2. The van der Waals surface area contributed by atoms with Gasteiger partial charge < -0.3 is 19.9 Å². The lowest BCUT2D eigenvalue weighted by Gasteiger charge is -2.43. The maximum Gasteiger partial charge on any atom is 0.0900 e. The van der Waals surface area contributed by atoms with E-state index in [0.29, 0.717) is 26.4 Å². The molecule has 0 aromatic rings. The minimum absolute atomic E-state index is 0.103. The van der Waals surface area contributed by atoms with Crippen molar-refractivity contribution in [2.45, 2.75) is 25.5 Å². The van der Waals surface area contributed by atoms with Gasteiger partial charge in [0.25, 0.3) is 0 Å². The van der Waals surface area contributed by atoms with Crippen molar-refractivity contribution < 1.29 is 14.6 Å². The number of aliphatic hydroxyl groups is 1. The first-order valence-electron chi connectivity index (χ1n) is 6.27. The predicted molar refractivity (Wildman–Crippen MR) is 67.2 cm³/mol. The molecule has 1 unspecified atom stereocenters. The topological polar surface area (TPSA) is 54.0 Å². The number of piperazine rings is 1. The molecule has 2 N–H and O–H groups in total. The Labute approximate surface area is 104 Å². The summed E-state index contributed by atoms with van der Waals surface area (Å²) in [7, 11) is 1.64. The van der Waals surface area contributed by atoms with Gasteiger partial charge in [-0.2, -0.15) is 0 Å². The Kier molecular flexibility index (Phi) is 6.37. The zero-order chi connectivity index (χ0) is 12.7. The highest BCUT2D eigenvalue weighted by Gasteiger charge is 2.30. The molecule has 1 rings (SSSR count). The largest absolute Gasteiger partial charge is 0.389 e. The molecule has 0 aromatic heterocycles. The van der Waals surface area contributed by atoms with Crippen molar-refractivity contribution in [3.8, 4) is 0 Å². The molecule has 0 amide bonds. The van der Waals surface area contributed by atoms with Crippen molar-refractivity contribution in [3.05, 3.63) is 0 Å². The Morgan fingerprint density at radius 3 is 2.82 bits per heavy atom. The van der Waals surface area contributed by atoms with Gasteiger partial charge in [-0.25, -0.2) is 0 Å². The van der Waals surface area contributed by atoms with E-state index < -0.39 is 6.10 Å². The zero-order valence-corrected chi connectivity index (χ0v) is 11.2. The third-order valence-electron chi connectivity index (χ3n) is 3.15. The molecular formula is C12H26N2O3. The van der Waals surface area contributed by atoms with Gasteiger partial charge in [0.2, 0.25) is 0 Å². The number of hydrogen-bond donors (Lipinski definition) is 2. The second kappa shape index (κ2) is 7.28. The van der Waals surface area contributed by atoms with Crippen LogP contribution >= 0.6 is 0 Å². The van der Waals surface area contributed by atoms with Crippen LogP contribution in [-0.2, 0) is 9.47 Å². The SMILES string of the molecule is COCCOCC(O)CN1CCNCC1(C)C. The number of rotatable bonds is 7. The molecule has 1 aliphatic heterocycles. The summed E-state index contributed by atoms with van der Waals surface area (Å²) in [6, 6.07) is 0. The average Bonchev–Trinajstić information content (AvgIpc) is 2.27. The van der Waals surface area contributed by atoms with Crippen LogP contribution in [0, 0.1) is 0 Å². The minimum atomic E-state index is -0.427. The van der Waals surface area contributed by atoms with Crippen LogP contribution in [0.4, 0.5) is 0 Å². The Balaban J connectivity index is 2.22. The highest BCUT2D eigenvalue weighted by Crippen LogP contribution is 2.16. The Bertz CT molecular complexity index is 212. The number of hydrogen-bond acceptors (Lipinski definition) is 5. The molecule has 1 aliphatic rings. The fraction of sp³-hybridized carbons (Fsp3) is 1.00. The van der Waals surface area contributed by atoms with Gasteiger partial charge in [-0.3, -0.25) is 4.90 Å². The Hall–Kier alpha value is -0.200. The molecule has 0 radical (unpaired) electrons. The summed E-state index contributed by atoms with van der Waals surface area (Å²) >= 11 is 0. The molecule has 0 aliphatic carbocycles. The van der Waals surface area contributed by atoms with Gasteiger partial charge in [-0.1, -0.05) is 0 Å². The number of ether oxygens (including phenoxy) is 2. The van der Waals surface area contributed by atoms with Crippen molar-refractivity contribution in [1.82, 2.24) is 10.2 Å². The van der Waals surface area contributed by atoms with E-state index in [1.165, 1.54) is 0 Å². The normalized spacial score (nSPS) is 22.6. The molecule has 5 heteroatoms. The van der Waals surface area contributed by atoms with E-state index in [0.717, 1.165) is 19.6 Å². The standard InChI is InChI=1S/C12H26N2O3/c1-12(2)10-13-4-5-14(12)8-11(15)9-17-7-6-16-3/h11,13,15H,4-10H2,1-3H3. The first kappa shape index (κ1) is 14.9. The quantitative estimate of drug-likeness (QED) is 0.604. The molecular weight excluding hydrogens is 220 g/mol. The molecule has 0 bridgehead atoms. The molecule has 1 saturated heterocycles. The highest BCUT2D eigenvalue weighted by atomic mass is 16.5. The van der Waals surface area contributed by atoms with Crippen molar-refractivity contribution in [2.75, 3.05) is 53.1 Å². The van der Waals surface area contributed by atoms with Crippen LogP contribution < -0.4 is 5.32 Å². The summed E-state index contributed by atoms with van der Waals surface area (Å²) in [6.45, 7) is 9.47. The van der Waals surface area contributed by atoms with Crippen molar-refractivity contribution in [1.29, 1.82) is 0 Å². The van der Waals surface area contributed by atoms with Crippen molar-refractivity contribution >= 4 is 0 Å². The molecule has 5 nitrogen and oxygen atoms in total. The van der Waals surface area contributed by atoms with Gasteiger partial charge in [-0.05, 0) is 13.8 Å². The van der Waals surface area contributed by atoms with Crippen LogP contribution in [0.3, 0.4) is 0 Å². The van der Waals surface area contributed by atoms with E-state index >= 15 is 0 Å². The van der Waals surface area contributed by atoms with Gasteiger partial charge in [0.15, 0.2) is 0 Å². The summed E-state index contributed by atoms with van der Waals surface area (Å²) in [6.07, 6.45) is -0.427. The van der Waals surface area contributed by atoms with Crippen LogP contribution in [0.2, 0.25) is 0 Å². The number of nitrogens with zero attached hydrogens (tertiary/aromatic N) is 1. The molecule has 1 atom stereocenters. The first-order chi connectivity index (χ1) is 8.06. The van der Waals surface area contributed by atoms with Crippen LogP contribution in [0.25, 0.3) is 0 Å². The smallest absolute Gasteiger partial charge is 0.0900 e. The monoisotopic (exact) mass is 246 g/mol. The van der Waals surface area contributed by atoms with E-state index in [1.54, 1.807) is 7.11 Å². The van der Waals surface area contributed by atoms with E-state index in [1.807, 2.05) is 0 Å². The first-order valence-corrected chi connectivity index (χ1v) is 6.27. The minimum Gasteiger partial charge on any atom is -0.389 e. The van der Waals surface area contributed by atoms with Crippen molar-refractivity contribution in [3.63, 3.8) is 0 Å². The Morgan fingerprint density at radius 1 is 1.41 bits per heavy atom. The Morgan fingerprint density at radius 2 is 2.18 bits per heavy atom. The van der Waals surface area contributed by atoms with Gasteiger partial charge in [0, 0.05) is 38.8 Å². The van der Waals surface area contributed by atoms with Crippen LogP contribution in [0.15, 0.2) is 0 Å². The number of aliphatic hydroxyl groups excluding tert-OH is 1. The summed E-state index contributed by atoms with van der Waals surface area (Å²) < 4.78 is 10.2. The molecule has 0 spiro atoms. The number of nitrogens with one attached hydrogen (secondary N) is 1. The number of methoxy groups -OCH3 is 1. The van der Waals surface area contributed by atoms with Gasteiger partial charge in [0.1, 0.15) is 0 Å². The second-order valence-corrected chi connectivity index (χ2v) is 5.16.